The number of hydrogen-bond acceptors (Lipinski definition) is 4. The van der Waals surface area contributed by atoms with Gasteiger partial charge < -0.3 is 14.2 Å². The van der Waals surface area contributed by atoms with Gasteiger partial charge in [0.2, 0.25) is 5.79 Å². The second kappa shape index (κ2) is 5.77. The van der Waals surface area contributed by atoms with E-state index in [1.165, 1.54) is 62.5 Å². The SMILES string of the molecule is N#Cc1ccc2c3c1O[C@H]1C4(CC[C@H]5[C@@H](C2)C(CC2CCC2)CC[C@@]351)OCCO4. The van der Waals surface area contributed by atoms with E-state index < -0.39 is 5.79 Å². The molecule has 1 aromatic carbocycles. The zero-order valence-corrected chi connectivity index (χ0v) is 17.0. The maximum Gasteiger partial charge on any atom is 0.206 e. The number of nitriles is 1. The summed E-state index contributed by atoms with van der Waals surface area (Å²) in [5, 5.41) is 9.77. The molecule has 2 aliphatic heterocycles. The van der Waals surface area contributed by atoms with Crippen molar-refractivity contribution < 1.29 is 14.2 Å². The van der Waals surface area contributed by atoms with Crippen molar-refractivity contribution in [2.45, 2.75) is 75.1 Å². The van der Waals surface area contributed by atoms with E-state index in [0.717, 1.165) is 29.9 Å². The van der Waals surface area contributed by atoms with Gasteiger partial charge in [0.05, 0.1) is 18.8 Å². The first-order valence-electron chi connectivity index (χ1n) is 11.8. The van der Waals surface area contributed by atoms with Gasteiger partial charge in [-0.2, -0.15) is 5.26 Å². The van der Waals surface area contributed by atoms with Crippen LogP contribution in [0, 0.1) is 35.0 Å². The Morgan fingerprint density at radius 2 is 1.93 bits per heavy atom. The highest BCUT2D eigenvalue weighted by Gasteiger charge is 2.71. The van der Waals surface area contributed by atoms with Crippen LogP contribution in [0.25, 0.3) is 0 Å². The minimum absolute atomic E-state index is 0.0147. The fourth-order valence-electron chi connectivity index (χ4n) is 8.26. The minimum Gasteiger partial charge on any atom is -0.482 e. The minimum atomic E-state index is -0.609. The molecule has 152 valence electrons. The van der Waals surface area contributed by atoms with E-state index in [4.69, 9.17) is 14.2 Å². The highest BCUT2D eigenvalue weighted by molar-refractivity contribution is 5.61. The lowest BCUT2D eigenvalue weighted by Gasteiger charge is -2.60. The largest absolute Gasteiger partial charge is 0.482 e. The molecule has 3 saturated carbocycles. The van der Waals surface area contributed by atoms with Crippen LogP contribution in [0.15, 0.2) is 12.1 Å². The van der Waals surface area contributed by atoms with E-state index in [1.54, 1.807) is 0 Å². The Morgan fingerprint density at radius 3 is 2.69 bits per heavy atom. The molecule has 0 radical (unpaired) electrons. The van der Waals surface area contributed by atoms with Crippen LogP contribution in [0.2, 0.25) is 0 Å². The summed E-state index contributed by atoms with van der Waals surface area (Å²) >= 11 is 0. The standard InChI is InChI=1S/C25H29NO3/c26-14-18-5-4-17-13-19-16(12-15-2-1-3-15)6-8-24-20(19)7-9-25(27-10-11-28-25)23(24)29-22(18)21(17)24/h4-5,15-16,19-20,23H,1-3,6-13H2/t16?,19-,20-,23+,24-/m0/s1. The summed E-state index contributed by atoms with van der Waals surface area (Å²) in [6.45, 7) is 1.31. The molecule has 6 aliphatic rings. The molecular weight excluding hydrogens is 362 g/mol. The number of ether oxygens (including phenoxy) is 3. The zero-order valence-electron chi connectivity index (χ0n) is 17.0. The van der Waals surface area contributed by atoms with Crippen molar-refractivity contribution in [3.05, 3.63) is 28.8 Å². The first-order valence-corrected chi connectivity index (χ1v) is 11.8. The summed E-state index contributed by atoms with van der Waals surface area (Å²) in [5.41, 5.74) is 3.48. The van der Waals surface area contributed by atoms with Gasteiger partial charge >= 0.3 is 0 Å². The van der Waals surface area contributed by atoms with Gasteiger partial charge in [-0.1, -0.05) is 25.3 Å². The topological polar surface area (TPSA) is 51.5 Å². The van der Waals surface area contributed by atoms with Crippen molar-refractivity contribution in [3.8, 4) is 11.8 Å². The molecule has 0 N–H and O–H groups in total. The van der Waals surface area contributed by atoms with Crippen molar-refractivity contribution >= 4 is 0 Å². The average molecular weight is 392 g/mol. The third-order valence-corrected chi connectivity index (χ3v) is 9.54. The van der Waals surface area contributed by atoms with Crippen LogP contribution >= 0.6 is 0 Å². The molecule has 4 nitrogen and oxygen atoms in total. The molecule has 7 rings (SSSR count). The number of nitrogens with zero attached hydrogens (tertiary/aromatic N) is 1. The Balaban J connectivity index is 1.38. The van der Waals surface area contributed by atoms with Gasteiger partial charge in [0.25, 0.3) is 0 Å². The molecule has 2 spiro atoms. The summed E-state index contributed by atoms with van der Waals surface area (Å²) in [7, 11) is 0. The number of benzene rings is 1. The summed E-state index contributed by atoms with van der Waals surface area (Å²) in [6.07, 6.45) is 11.4. The summed E-state index contributed by atoms with van der Waals surface area (Å²) in [6, 6.07) is 6.62. The van der Waals surface area contributed by atoms with E-state index in [9.17, 15) is 5.26 Å². The van der Waals surface area contributed by atoms with Crippen LogP contribution in [-0.2, 0) is 21.3 Å². The molecule has 2 bridgehead atoms. The lowest BCUT2D eigenvalue weighted by molar-refractivity contribution is -0.262. The monoisotopic (exact) mass is 391 g/mol. The molecule has 4 heteroatoms. The van der Waals surface area contributed by atoms with Crippen LogP contribution < -0.4 is 4.74 Å². The summed E-state index contributed by atoms with van der Waals surface area (Å²) in [4.78, 5) is 0. The number of hydrogen-bond donors (Lipinski definition) is 0. The summed E-state index contributed by atoms with van der Waals surface area (Å²) < 4.78 is 19.3. The van der Waals surface area contributed by atoms with Crippen LogP contribution in [0.5, 0.6) is 5.75 Å². The second-order valence-electron chi connectivity index (χ2n) is 10.5. The molecule has 5 atom stereocenters. The van der Waals surface area contributed by atoms with Crippen molar-refractivity contribution in [2.24, 2.45) is 23.7 Å². The maximum atomic E-state index is 9.77. The van der Waals surface area contributed by atoms with Gasteiger partial charge in [-0.3, -0.25) is 0 Å². The Labute approximate surface area is 172 Å². The Hall–Kier alpha value is -1.57. The fourth-order valence-corrected chi connectivity index (χ4v) is 8.26. The highest BCUT2D eigenvalue weighted by Crippen LogP contribution is 2.68. The molecule has 1 aromatic rings. The van der Waals surface area contributed by atoms with Crippen LogP contribution in [0.1, 0.15) is 68.1 Å². The molecular formula is C25H29NO3. The second-order valence-corrected chi connectivity index (χ2v) is 10.5. The predicted molar refractivity (Wildman–Crippen MR) is 106 cm³/mol. The van der Waals surface area contributed by atoms with Gasteiger partial charge in [-0.25, -0.2) is 0 Å². The zero-order chi connectivity index (χ0) is 19.2. The van der Waals surface area contributed by atoms with Crippen molar-refractivity contribution in [3.63, 3.8) is 0 Å². The molecule has 4 fully saturated rings. The Morgan fingerprint density at radius 1 is 1.07 bits per heavy atom. The van der Waals surface area contributed by atoms with Crippen molar-refractivity contribution in [2.75, 3.05) is 13.2 Å². The molecule has 2 heterocycles. The molecule has 0 amide bonds. The lowest BCUT2D eigenvalue weighted by atomic mass is 9.45. The van der Waals surface area contributed by atoms with E-state index in [0.29, 0.717) is 24.7 Å². The summed E-state index contributed by atoms with van der Waals surface area (Å²) in [5.74, 6) is 3.47. The predicted octanol–water partition coefficient (Wildman–Crippen LogP) is 4.48. The molecule has 0 aromatic heterocycles. The van der Waals surface area contributed by atoms with Crippen LogP contribution in [-0.4, -0.2) is 25.1 Å². The molecule has 1 unspecified atom stereocenters. The van der Waals surface area contributed by atoms with Crippen LogP contribution in [0.4, 0.5) is 0 Å². The quantitative estimate of drug-likeness (QED) is 0.746. The molecule has 4 aliphatic carbocycles. The van der Waals surface area contributed by atoms with Gasteiger partial charge in [0.1, 0.15) is 11.8 Å². The first kappa shape index (κ1) is 17.1. The maximum absolute atomic E-state index is 9.77. The normalized spacial score (nSPS) is 40.8. The molecule has 1 saturated heterocycles. The molecule has 29 heavy (non-hydrogen) atoms. The van der Waals surface area contributed by atoms with E-state index in [-0.39, 0.29) is 11.5 Å². The third kappa shape index (κ3) is 2.02. The van der Waals surface area contributed by atoms with Gasteiger partial charge in [0, 0.05) is 17.4 Å². The van der Waals surface area contributed by atoms with Gasteiger partial charge in [0.15, 0.2) is 6.10 Å². The van der Waals surface area contributed by atoms with E-state index in [1.807, 2.05) is 6.07 Å². The van der Waals surface area contributed by atoms with Crippen molar-refractivity contribution in [1.82, 2.24) is 0 Å². The lowest BCUT2D eigenvalue weighted by Crippen LogP contribution is -2.66. The number of fused-ring (bicyclic) bond motifs is 1. The van der Waals surface area contributed by atoms with Gasteiger partial charge in [-0.05, 0) is 67.4 Å². The van der Waals surface area contributed by atoms with E-state index >= 15 is 0 Å². The third-order valence-electron chi connectivity index (χ3n) is 9.54. The smallest absolute Gasteiger partial charge is 0.206 e. The van der Waals surface area contributed by atoms with Crippen molar-refractivity contribution in [1.29, 1.82) is 5.26 Å². The van der Waals surface area contributed by atoms with Crippen LogP contribution in [0.3, 0.4) is 0 Å². The fraction of sp³-hybridized carbons (Fsp3) is 0.720. The number of rotatable bonds is 2. The Bertz CT molecular complexity index is 909. The van der Waals surface area contributed by atoms with E-state index in [2.05, 4.69) is 12.1 Å². The first-order chi connectivity index (χ1) is 14.2. The average Bonchev–Trinajstić information content (AvgIpc) is 3.30. The highest BCUT2D eigenvalue weighted by atomic mass is 16.8. The Kier molecular flexibility index (Phi) is 3.41. The van der Waals surface area contributed by atoms with Gasteiger partial charge in [-0.15, -0.1) is 0 Å².